The minimum Gasteiger partial charge on any atom is -0.306 e. The third-order valence-corrected chi connectivity index (χ3v) is 18.8. The number of rotatable bonds is 5. The lowest BCUT2D eigenvalue weighted by atomic mass is 9.94. The van der Waals surface area contributed by atoms with Crippen LogP contribution in [0.2, 0.25) is 0 Å². The summed E-state index contributed by atoms with van der Waals surface area (Å²) in [6, 6.07) is 96.7. The Morgan fingerprint density at radius 2 is 0.675 bits per heavy atom. The minimum atomic E-state index is 0.422. The number of nitriles is 2. The Hall–Kier alpha value is -11.2. The van der Waals surface area contributed by atoms with Crippen molar-refractivity contribution in [2.75, 3.05) is 0 Å². The Kier molecular flexibility index (Phi) is 9.42. The van der Waals surface area contributed by atoms with Crippen LogP contribution in [0.5, 0.6) is 0 Å². The molecule has 0 aliphatic rings. The van der Waals surface area contributed by atoms with E-state index < -0.39 is 0 Å². The van der Waals surface area contributed by atoms with Crippen molar-refractivity contribution in [1.82, 2.24) is 18.3 Å². The molecule has 5 heterocycles. The quantitative estimate of drug-likeness (QED) is 0.161. The summed E-state index contributed by atoms with van der Waals surface area (Å²) in [6.45, 7) is 0. The second-order valence-electron chi connectivity index (χ2n) is 21.7. The van der Waals surface area contributed by atoms with Gasteiger partial charge in [0.15, 0.2) is 0 Å². The Morgan fingerprint density at radius 1 is 0.277 bits per heavy atom. The zero-order chi connectivity index (χ0) is 54.6. The van der Waals surface area contributed by atoms with E-state index in [0.29, 0.717) is 33.9 Å². The van der Waals surface area contributed by atoms with Gasteiger partial charge in [-0.1, -0.05) is 200 Å². The molecule has 382 valence electrons. The zero-order valence-corrected chi connectivity index (χ0v) is 45.2. The third kappa shape index (κ3) is 6.13. The normalized spacial score (nSPS) is 12.1. The second-order valence-corrected chi connectivity index (χ2v) is 22.7. The van der Waals surface area contributed by atoms with Crippen molar-refractivity contribution in [3.8, 4) is 46.0 Å². The molecule has 0 saturated heterocycles. The van der Waals surface area contributed by atoms with Crippen molar-refractivity contribution in [1.29, 1.82) is 10.5 Å². The number of nitrogens with zero attached hydrogens (tertiary/aromatic N) is 6. The van der Waals surface area contributed by atoms with Crippen LogP contribution in [0.3, 0.4) is 0 Å². The maximum absolute atomic E-state index is 13.0. The topological polar surface area (TPSA) is 67.3 Å². The SMILES string of the molecule is N#Cc1c(-n2c3ccccc3c3ccccc32)c(-n2c3ccccc3c3ccccc32)c(C#N)c(-n2c3ccc(-c4cccc5c4ccc4ccccc45)cc3c3ccc4c5ccccc5sc4c32)c1-n1c2ccccc2c2ccccc21. The fraction of sp³-hybridized carbons (Fsp3) is 0. The van der Waals surface area contributed by atoms with Gasteiger partial charge in [-0.05, 0) is 87.3 Å². The molecule has 83 heavy (non-hydrogen) atoms. The average Bonchev–Trinajstić information content (AvgIpc) is 2.38. The first-order valence-corrected chi connectivity index (χ1v) is 28.8. The molecule has 13 aromatic carbocycles. The molecule has 0 saturated carbocycles. The largest absolute Gasteiger partial charge is 0.306 e. The maximum atomic E-state index is 13.0. The monoisotopic (exact) mass is 1070 g/mol. The van der Waals surface area contributed by atoms with Crippen molar-refractivity contribution in [3.63, 3.8) is 0 Å². The van der Waals surface area contributed by atoms with Gasteiger partial charge >= 0.3 is 0 Å². The molecular formula is C76H42N6S. The van der Waals surface area contributed by atoms with Crippen LogP contribution in [-0.4, -0.2) is 18.3 Å². The van der Waals surface area contributed by atoms with E-state index in [4.69, 9.17) is 0 Å². The Morgan fingerprint density at radius 3 is 1.18 bits per heavy atom. The molecule has 18 rings (SSSR count). The smallest absolute Gasteiger partial charge is 0.104 e. The van der Waals surface area contributed by atoms with Gasteiger partial charge in [-0.3, -0.25) is 0 Å². The third-order valence-electron chi connectivity index (χ3n) is 17.6. The summed E-state index contributed by atoms with van der Waals surface area (Å²) in [5, 5.41) is 41.3. The molecule has 0 radical (unpaired) electrons. The summed E-state index contributed by atoms with van der Waals surface area (Å²) < 4.78 is 11.5. The first kappa shape index (κ1) is 45.6. The van der Waals surface area contributed by atoms with Crippen molar-refractivity contribution in [2.45, 2.75) is 0 Å². The molecule has 0 aliphatic heterocycles. The van der Waals surface area contributed by atoms with Gasteiger partial charge in [0, 0.05) is 58.6 Å². The summed E-state index contributed by atoms with van der Waals surface area (Å²) in [6.07, 6.45) is 0. The molecule has 18 aromatic rings. The van der Waals surface area contributed by atoms with Crippen LogP contribution in [0.25, 0.3) is 163 Å². The van der Waals surface area contributed by atoms with Gasteiger partial charge in [0.25, 0.3) is 0 Å². The van der Waals surface area contributed by atoms with Crippen molar-refractivity contribution in [3.05, 3.63) is 266 Å². The van der Waals surface area contributed by atoms with Crippen molar-refractivity contribution in [2.24, 2.45) is 0 Å². The van der Waals surface area contributed by atoms with Crippen LogP contribution in [0.4, 0.5) is 0 Å². The molecule has 0 N–H and O–H groups in total. The summed E-state index contributed by atoms with van der Waals surface area (Å²) >= 11 is 1.78. The molecular weight excluding hydrogens is 1030 g/mol. The van der Waals surface area contributed by atoms with Gasteiger partial charge in [-0.15, -0.1) is 11.3 Å². The van der Waals surface area contributed by atoms with E-state index in [-0.39, 0.29) is 0 Å². The number of para-hydroxylation sites is 6. The highest BCUT2D eigenvalue weighted by Crippen LogP contribution is 2.51. The summed E-state index contributed by atoms with van der Waals surface area (Å²) in [5.74, 6) is 0. The second kappa shape index (κ2) is 17.1. The van der Waals surface area contributed by atoms with Crippen LogP contribution in [0, 0.1) is 22.7 Å². The molecule has 0 amide bonds. The molecule has 0 atom stereocenters. The number of fused-ring (bicyclic) bond motifs is 19. The van der Waals surface area contributed by atoms with Crippen LogP contribution < -0.4 is 0 Å². The van der Waals surface area contributed by atoms with E-state index in [1.165, 1.54) is 31.6 Å². The fourth-order valence-electron chi connectivity index (χ4n) is 14.2. The molecule has 6 nitrogen and oxygen atoms in total. The molecule has 0 aliphatic carbocycles. The molecule has 7 heteroatoms. The highest BCUT2D eigenvalue weighted by Gasteiger charge is 2.35. The summed E-state index contributed by atoms with van der Waals surface area (Å²) in [5.41, 5.74) is 13.0. The molecule has 0 bridgehead atoms. The Bertz CT molecular complexity index is 5820. The number of hydrogen-bond donors (Lipinski definition) is 0. The van der Waals surface area contributed by atoms with Gasteiger partial charge in [0.1, 0.15) is 23.3 Å². The zero-order valence-electron chi connectivity index (χ0n) is 44.3. The van der Waals surface area contributed by atoms with Crippen LogP contribution in [-0.2, 0) is 0 Å². The Balaban J connectivity index is 1.11. The maximum Gasteiger partial charge on any atom is 0.104 e. The summed E-state index contributed by atoms with van der Waals surface area (Å²) in [4.78, 5) is 0. The van der Waals surface area contributed by atoms with Gasteiger partial charge in [0.05, 0.1) is 71.6 Å². The first-order chi connectivity index (χ1) is 41.2. The molecule has 0 unspecified atom stereocenters. The number of thiophene rings is 1. The van der Waals surface area contributed by atoms with Gasteiger partial charge in [0.2, 0.25) is 0 Å². The predicted molar refractivity (Wildman–Crippen MR) is 347 cm³/mol. The molecule has 0 spiro atoms. The lowest BCUT2D eigenvalue weighted by Crippen LogP contribution is -2.16. The summed E-state index contributed by atoms with van der Waals surface area (Å²) in [7, 11) is 0. The molecule has 0 fully saturated rings. The van der Waals surface area contributed by atoms with Crippen molar-refractivity contribution < 1.29 is 0 Å². The predicted octanol–water partition coefficient (Wildman–Crippen LogP) is 20.2. The first-order valence-electron chi connectivity index (χ1n) is 28.0. The lowest BCUT2D eigenvalue weighted by Gasteiger charge is -2.27. The standard InChI is InChI=1S/C76H42N6S/c77-43-61-71(79-63-29-10-3-20-51(63)52-21-4-11-30-64(52)79)72(80-65-31-12-5-22-53(65)54-23-6-13-32-66(54)80)62(44-78)74(73(61)81-67-33-14-7-24-55(67)56-25-8-15-34-68(56)81)82-69-41-37-46(48-27-17-28-49-47-19-2-1-18-45(47)36-38-50(48)49)42-60(69)58-39-40-59-57-26-9-16-35-70(57)83-76(59)75(58)82/h1-42H. The lowest BCUT2D eigenvalue weighted by molar-refractivity contribution is 1.03. The van der Waals surface area contributed by atoms with Crippen LogP contribution in [0.15, 0.2) is 255 Å². The number of benzene rings is 13. The Labute approximate surface area is 478 Å². The highest BCUT2D eigenvalue weighted by molar-refractivity contribution is 7.26. The van der Waals surface area contributed by atoms with Gasteiger partial charge in [-0.25, -0.2) is 0 Å². The molecule has 5 aromatic heterocycles. The van der Waals surface area contributed by atoms with E-state index in [9.17, 15) is 10.5 Å². The highest BCUT2D eigenvalue weighted by atomic mass is 32.1. The van der Waals surface area contributed by atoms with E-state index in [2.05, 4.69) is 285 Å². The fourth-order valence-corrected chi connectivity index (χ4v) is 15.5. The van der Waals surface area contributed by atoms with Crippen LogP contribution >= 0.6 is 11.3 Å². The number of aromatic nitrogens is 4. The van der Waals surface area contributed by atoms with E-state index in [1.807, 2.05) is 0 Å². The van der Waals surface area contributed by atoms with E-state index in [1.54, 1.807) is 11.3 Å². The number of hydrogen-bond acceptors (Lipinski definition) is 3. The average molecular weight is 1070 g/mol. The van der Waals surface area contributed by atoms with Gasteiger partial charge < -0.3 is 18.3 Å². The van der Waals surface area contributed by atoms with E-state index in [0.717, 1.165) is 108 Å². The van der Waals surface area contributed by atoms with Crippen molar-refractivity contribution >= 4 is 140 Å². The van der Waals surface area contributed by atoms with Gasteiger partial charge in [-0.2, -0.15) is 10.5 Å². The minimum absolute atomic E-state index is 0.422. The van der Waals surface area contributed by atoms with E-state index >= 15 is 0 Å². The van der Waals surface area contributed by atoms with Crippen LogP contribution in [0.1, 0.15) is 11.1 Å².